The summed E-state index contributed by atoms with van der Waals surface area (Å²) in [5, 5.41) is 8.25. The Hall–Kier alpha value is -2.35. The Kier molecular flexibility index (Phi) is 5.14. The van der Waals surface area contributed by atoms with Gasteiger partial charge in [-0.3, -0.25) is 14.5 Å². The van der Waals surface area contributed by atoms with E-state index in [0.29, 0.717) is 36.3 Å². The molecule has 8 heteroatoms. The zero-order chi connectivity index (χ0) is 16.9. The second-order valence-electron chi connectivity index (χ2n) is 5.35. The second kappa shape index (κ2) is 7.48. The van der Waals surface area contributed by atoms with Gasteiger partial charge in [0, 0.05) is 25.1 Å². The molecule has 1 saturated heterocycles. The van der Waals surface area contributed by atoms with Gasteiger partial charge in [-0.05, 0) is 24.6 Å². The summed E-state index contributed by atoms with van der Waals surface area (Å²) in [6.45, 7) is 2.55. The molecule has 0 aliphatic carbocycles. The van der Waals surface area contributed by atoms with E-state index < -0.39 is 0 Å². The van der Waals surface area contributed by atoms with Crippen molar-refractivity contribution in [2.24, 2.45) is 0 Å². The van der Waals surface area contributed by atoms with Crippen LogP contribution in [0.2, 0.25) is 0 Å². The molecule has 0 atom stereocenters. The number of aromatic nitrogens is 2. The average molecular weight is 347 g/mol. The number of likely N-dealkylation sites (tertiary alicyclic amines) is 1. The fraction of sp³-hybridized carbons (Fsp3) is 0.375. The van der Waals surface area contributed by atoms with E-state index >= 15 is 0 Å². The van der Waals surface area contributed by atoms with Crippen molar-refractivity contribution in [2.75, 3.05) is 12.3 Å². The predicted molar refractivity (Wildman–Crippen MR) is 86.5 cm³/mol. The lowest BCUT2D eigenvalue weighted by molar-refractivity contribution is -0.137. The van der Waals surface area contributed by atoms with E-state index in [-0.39, 0.29) is 18.4 Å². The van der Waals surface area contributed by atoms with E-state index in [9.17, 15) is 9.59 Å². The number of rotatable bonds is 7. The minimum Gasteiger partial charge on any atom is -0.484 e. The molecule has 1 aliphatic rings. The first-order valence-corrected chi connectivity index (χ1v) is 8.58. The van der Waals surface area contributed by atoms with Gasteiger partial charge in [-0.2, -0.15) is 0 Å². The number of carbonyl (C=O) groups excluding carboxylic acids is 2. The first kappa shape index (κ1) is 16.5. The maximum absolute atomic E-state index is 11.5. The second-order valence-corrected chi connectivity index (χ2v) is 6.40. The standard InChI is InChI=1S/C16H17N3O4S/c1-11-3-2-4-12(9-11)22-10-13-17-18-16(23-13)24-8-7-19-14(20)5-6-15(19)21/h2-4,9H,5-8,10H2,1H3. The highest BCUT2D eigenvalue weighted by molar-refractivity contribution is 7.99. The maximum atomic E-state index is 11.5. The van der Waals surface area contributed by atoms with Crippen LogP contribution in [0.25, 0.3) is 0 Å². The van der Waals surface area contributed by atoms with Crippen LogP contribution in [-0.4, -0.2) is 39.2 Å². The topological polar surface area (TPSA) is 85.5 Å². The molecule has 0 N–H and O–H groups in total. The van der Waals surface area contributed by atoms with Crippen LogP contribution in [0, 0.1) is 6.92 Å². The minimum atomic E-state index is -0.113. The summed E-state index contributed by atoms with van der Waals surface area (Å²) in [4.78, 5) is 24.3. The van der Waals surface area contributed by atoms with Crippen LogP contribution < -0.4 is 4.74 Å². The number of carbonyl (C=O) groups is 2. The minimum absolute atomic E-state index is 0.113. The van der Waals surface area contributed by atoms with Crippen LogP contribution in [0.15, 0.2) is 33.9 Å². The van der Waals surface area contributed by atoms with Crippen LogP contribution in [0.3, 0.4) is 0 Å². The third-order valence-electron chi connectivity index (χ3n) is 3.50. The number of imide groups is 1. The molecule has 126 valence electrons. The number of hydrogen-bond acceptors (Lipinski definition) is 7. The monoisotopic (exact) mass is 347 g/mol. The molecule has 0 radical (unpaired) electrons. The maximum Gasteiger partial charge on any atom is 0.276 e. The smallest absolute Gasteiger partial charge is 0.276 e. The van der Waals surface area contributed by atoms with Gasteiger partial charge in [0.25, 0.3) is 11.1 Å². The highest BCUT2D eigenvalue weighted by Crippen LogP contribution is 2.19. The summed E-state index contributed by atoms with van der Waals surface area (Å²) in [7, 11) is 0. The molecule has 0 spiro atoms. The Morgan fingerprint density at radius 3 is 2.79 bits per heavy atom. The zero-order valence-corrected chi connectivity index (χ0v) is 14.0. The lowest BCUT2D eigenvalue weighted by Gasteiger charge is -2.11. The summed E-state index contributed by atoms with van der Waals surface area (Å²) in [6, 6.07) is 7.70. The van der Waals surface area contributed by atoms with Gasteiger partial charge in [-0.15, -0.1) is 10.2 Å². The largest absolute Gasteiger partial charge is 0.484 e. The van der Waals surface area contributed by atoms with Crippen LogP contribution in [-0.2, 0) is 16.2 Å². The highest BCUT2D eigenvalue weighted by atomic mass is 32.2. The molecule has 7 nitrogen and oxygen atoms in total. The zero-order valence-electron chi connectivity index (χ0n) is 13.2. The number of ether oxygens (including phenoxy) is 1. The van der Waals surface area contributed by atoms with Crippen molar-refractivity contribution in [3.8, 4) is 5.75 Å². The van der Waals surface area contributed by atoms with Crippen LogP contribution in [0.5, 0.6) is 5.75 Å². The number of aryl methyl sites for hydroxylation is 1. The number of amides is 2. The molecule has 1 aromatic carbocycles. The molecule has 0 unspecified atom stereocenters. The summed E-state index contributed by atoms with van der Waals surface area (Å²) >= 11 is 1.31. The van der Waals surface area contributed by atoms with Crippen LogP contribution in [0.1, 0.15) is 24.3 Å². The quantitative estimate of drug-likeness (QED) is 0.560. The third-order valence-corrected chi connectivity index (χ3v) is 4.29. The number of benzene rings is 1. The van der Waals surface area contributed by atoms with Gasteiger partial charge >= 0.3 is 0 Å². The number of nitrogens with zero attached hydrogens (tertiary/aromatic N) is 3. The van der Waals surface area contributed by atoms with E-state index in [4.69, 9.17) is 9.15 Å². The fourth-order valence-corrected chi connectivity index (χ4v) is 3.00. The number of hydrogen-bond donors (Lipinski definition) is 0. The molecule has 1 fully saturated rings. The van der Waals surface area contributed by atoms with E-state index in [2.05, 4.69) is 10.2 Å². The average Bonchev–Trinajstić information content (AvgIpc) is 3.14. The molecule has 24 heavy (non-hydrogen) atoms. The lowest BCUT2D eigenvalue weighted by atomic mass is 10.2. The SMILES string of the molecule is Cc1cccc(OCc2nnc(SCCN3C(=O)CCC3=O)o2)c1. The van der Waals surface area contributed by atoms with Crippen molar-refractivity contribution in [3.63, 3.8) is 0 Å². The molecule has 2 amide bonds. The summed E-state index contributed by atoms with van der Waals surface area (Å²) in [5.41, 5.74) is 1.11. The summed E-state index contributed by atoms with van der Waals surface area (Å²) in [6.07, 6.45) is 0.620. The van der Waals surface area contributed by atoms with Gasteiger partial charge in [0.15, 0.2) is 6.61 Å². The summed E-state index contributed by atoms with van der Waals surface area (Å²) < 4.78 is 11.1. The van der Waals surface area contributed by atoms with Crippen LogP contribution in [0.4, 0.5) is 0 Å². The van der Waals surface area contributed by atoms with E-state index in [1.807, 2.05) is 31.2 Å². The van der Waals surface area contributed by atoms with Crippen LogP contribution >= 0.6 is 11.8 Å². The predicted octanol–water partition coefficient (Wildman–Crippen LogP) is 2.20. The van der Waals surface area contributed by atoms with Crippen molar-refractivity contribution in [1.82, 2.24) is 15.1 Å². The highest BCUT2D eigenvalue weighted by Gasteiger charge is 2.28. The van der Waals surface area contributed by atoms with Gasteiger partial charge in [-0.25, -0.2) is 0 Å². The van der Waals surface area contributed by atoms with Gasteiger partial charge in [0.05, 0.1) is 0 Å². The first-order valence-electron chi connectivity index (χ1n) is 7.59. The Morgan fingerprint density at radius 2 is 2.04 bits per heavy atom. The number of thioether (sulfide) groups is 1. The van der Waals surface area contributed by atoms with Gasteiger partial charge in [-0.1, -0.05) is 23.9 Å². The fourth-order valence-electron chi connectivity index (χ4n) is 2.30. The Morgan fingerprint density at radius 1 is 1.25 bits per heavy atom. The molecule has 1 aliphatic heterocycles. The Balaban J connectivity index is 1.45. The van der Waals surface area contributed by atoms with Crippen molar-refractivity contribution < 1.29 is 18.7 Å². The third kappa shape index (κ3) is 4.14. The molecule has 0 saturated carbocycles. The van der Waals surface area contributed by atoms with E-state index in [0.717, 1.165) is 11.3 Å². The summed E-state index contributed by atoms with van der Waals surface area (Å²) in [5.74, 6) is 1.43. The molecular weight excluding hydrogens is 330 g/mol. The van der Waals surface area contributed by atoms with Crippen molar-refractivity contribution in [3.05, 3.63) is 35.7 Å². The van der Waals surface area contributed by atoms with Gasteiger partial charge in [0.1, 0.15) is 5.75 Å². The Labute approximate surface area is 143 Å². The molecule has 3 rings (SSSR count). The molecule has 1 aromatic heterocycles. The van der Waals surface area contributed by atoms with Crippen molar-refractivity contribution >= 4 is 23.6 Å². The van der Waals surface area contributed by atoms with Gasteiger partial charge < -0.3 is 9.15 Å². The van der Waals surface area contributed by atoms with E-state index in [1.54, 1.807) is 0 Å². The van der Waals surface area contributed by atoms with Crippen molar-refractivity contribution in [2.45, 2.75) is 31.6 Å². The molecule has 0 bridgehead atoms. The van der Waals surface area contributed by atoms with Crippen molar-refractivity contribution in [1.29, 1.82) is 0 Å². The van der Waals surface area contributed by atoms with Gasteiger partial charge in [0.2, 0.25) is 11.8 Å². The molecular formula is C16H17N3O4S. The first-order chi connectivity index (χ1) is 11.6. The normalized spacial score (nSPS) is 14.5. The van der Waals surface area contributed by atoms with E-state index in [1.165, 1.54) is 16.7 Å². The Bertz CT molecular complexity index is 730. The lowest BCUT2D eigenvalue weighted by Crippen LogP contribution is -2.31. The molecule has 2 heterocycles. The molecule has 2 aromatic rings.